The average Bonchev–Trinajstić information content (AvgIpc) is 2.48. The molecule has 0 saturated heterocycles. The Balaban J connectivity index is 0. The van der Waals surface area contributed by atoms with Gasteiger partial charge < -0.3 is 0 Å². The Bertz CT molecular complexity index is 112. The zero-order valence-electron chi connectivity index (χ0n) is 7.55. The third-order valence-corrected chi connectivity index (χ3v) is 0.576. The molecule has 0 saturated carbocycles. The smallest absolute Gasteiger partial charge is 0.194 e. The Morgan fingerprint density at radius 1 is 1.20 bits per heavy atom. The van der Waals surface area contributed by atoms with E-state index in [1.807, 2.05) is 34.7 Å². The summed E-state index contributed by atoms with van der Waals surface area (Å²) in [5, 5.41) is 2.81. The molecule has 1 N–H and O–H groups in total. The molecule has 0 spiro atoms. The summed E-state index contributed by atoms with van der Waals surface area (Å²) in [6.45, 7) is 8.00. The third-order valence-electron chi connectivity index (χ3n) is 0.576. The Kier molecular flexibility index (Phi) is 13.1. The molecule has 0 unspecified atom stereocenters. The van der Waals surface area contributed by atoms with Gasteiger partial charge in [0.05, 0.1) is 0 Å². The van der Waals surface area contributed by atoms with Crippen molar-refractivity contribution >= 4 is 0 Å². The van der Waals surface area contributed by atoms with Crippen LogP contribution in [0, 0.1) is 0 Å². The van der Waals surface area contributed by atoms with E-state index in [0.717, 1.165) is 0 Å². The molecule has 0 fully saturated rings. The second-order valence-corrected chi connectivity index (χ2v) is 1.13. The van der Waals surface area contributed by atoms with Crippen LogP contribution in [0.1, 0.15) is 27.7 Å². The molecule has 3 heteroatoms. The van der Waals surface area contributed by atoms with Crippen molar-refractivity contribution in [3.8, 4) is 0 Å². The van der Waals surface area contributed by atoms with Crippen molar-refractivity contribution in [1.82, 2.24) is 10.1 Å². The predicted octanol–water partition coefficient (Wildman–Crippen LogP) is 1.29. The molecule has 0 bridgehead atoms. The standard InChI is InChI=1S/C3H5N3.2C2H6/c1-6-3-4-2-5-6;2*1-2/h2-3H,1H3;2*1-2H3/p+1. The molecule has 0 atom stereocenters. The number of rotatable bonds is 0. The molecule has 10 heavy (non-hydrogen) atoms. The molecular formula is C7H18N3+. The highest BCUT2D eigenvalue weighted by Gasteiger charge is 1.81. The summed E-state index contributed by atoms with van der Waals surface area (Å²) >= 11 is 0. The van der Waals surface area contributed by atoms with Gasteiger partial charge in [-0.05, 0) is 4.98 Å². The van der Waals surface area contributed by atoms with Crippen molar-refractivity contribution in [2.24, 2.45) is 7.05 Å². The van der Waals surface area contributed by atoms with E-state index >= 15 is 0 Å². The number of aromatic amines is 1. The van der Waals surface area contributed by atoms with E-state index in [1.165, 1.54) is 0 Å². The van der Waals surface area contributed by atoms with Crippen molar-refractivity contribution in [2.75, 3.05) is 0 Å². The second kappa shape index (κ2) is 11.0. The van der Waals surface area contributed by atoms with Gasteiger partial charge in [0.2, 0.25) is 6.33 Å². The number of hydrogen-bond donors (Lipinski definition) is 1. The van der Waals surface area contributed by atoms with Gasteiger partial charge in [-0.1, -0.05) is 27.7 Å². The topological polar surface area (TPSA) is 32.6 Å². The van der Waals surface area contributed by atoms with Crippen LogP contribution in [0.2, 0.25) is 0 Å². The van der Waals surface area contributed by atoms with E-state index in [-0.39, 0.29) is 0 Å². The maximum Gasteiger partial charge on any atom is 0.306 e. The predicted molar refractivity (Wildman–Crippen MR) is 42.5 cm³/mol. The third kappa shape index (κ3) is 7.14. The van der Waals surface area contributed by atoms with Gasteiger partial charge in [0.25, 0.3) is 0 Å². The quantitative estimate of drug-likeness (QED) is 0.547. The Hall–Kier alpha value is -0.860. The van der Waals surface area contributed by atoms with Crippen LogP contribution < -0.4 is 4.68 Å². The minimum Gasteiger partial charge on any atom is -0.194 e. The Labute approximate surface area is 63.1 Å². The van der Waals surface area contributed by atoms with Gasteiger partial charge in [0.1, 0.15) is 7.05 Å². The summed E-state index contributed by atoms with van der Waals surface area (Å²) < 4.78 is 1.76. The minimum atomic E-state index is 1.62. The Morgan fingerprint density at radius 3 is 1.80 bits per heavy atom. The highest BCUT2D eigenvalue weighted by atomic mass is 15.3. The number of nitrogens with one attached hydrogen (secondary N) is 1. The van der Waals surface area contributed by atoms with Gasteiger partial charge in [-0.3, -0.25) is 0 Å². The Morgan fingerprint density at radius 2 is 1.70 bits per heavy atom. The molecule has 3 nitrogen and oxygen atoms in total. The SMILES string of the molecule is CC.CC.C[n+]1cnc[nH]1. The summed E-state index contributed by atoms with van der Waals surface area (Å²) in [5.74, 6) is 0. The average molecular weight is 144 g/mol. The molecule has 60 valence electrons. The van der Waals surface area contributed by atoms with Gasteiger partial charge >= 0.3 is 6.33 Å². The molecule has 0 aliphatic rings. The summed E-state index contributed by atoms with van der Waals surface area (Å²) in [7, 11) is 1.88. The van der Waals surface area contributed by atoms with Gasteiger partial charge in [-0.2, -0.15) is 9.78 Å². The summed E-state index contributed by atoms with van der Waals surface area (Å²) in [6, 6.07) is 0. The van der Waals surface area contributed by atoms with E-state index in [1.54, 1.807) is 17.3 Å². The van der Waals surface area contributed by atoms with Crippen molar-refractivity contribution < 1.29 is 4.68 Å². The molecule has 0 amide bonds. The molecular weight excluding hydrogens is 126 g/mol. The molecule has 0 aliphatic carbocycles. The zero-order chi connectivity index (χ0) is 8.41. The molecule has 1 aromatic rings. The molecule has 0 radical (unpaired) electrons. The first-order chi connectivity index (χ1) is 4.89. The van der Waals surface area contributed by atoms with Crippen molar-refractivity contribution in [3.05, 3.63) is 12.7 Å². The molecule has 0 aromatic carbocycles. The van der Waals surface area contributed by atoms with Gasteiger partial charge in [0, 0.05) is 0 Å². The highest BCUT2D eigenvalue weighted by Crippen LogP contribution is 1.50. The maximum absolute atomic E-state index is 3.73. The summed E-state index contributed by atoms with van der Waals surface area (Å²) in [6.07, 6.45) is 3.32. The lowest BCUT2D eigenvalue weighted by atomic mass is 11.0. The molecule has 0 aliphatic heterocycles. The lowest BCUT2D eigenvalue weighted by Crippen LogP contribution is -2.27. The first-order valence-corrected chi connectivity index (χ1v) is 3.73. The fourth-order valence-corrected chi connectivity index (χ4v) is 0.291. The lowest BCUT2D eigenvalue weighted by Gasteiger charge is -1.67. The van der Waals surface area contributed by atoms with Crippen LogP contribution in [0.25, 0.3) is 0 Å². The maximum atomic E-state index is 3.73. The molecule has 1 rings (SSSR count). The van der Waals surface area contributed by atoms with E-state index < -0.39 is 0 Å². The monoisotopic (exact) mass is 144 g/mol. The lowest BCUT2D eigenvalue weighted by molar-refractivity contribution is -0.728. The van der Waals surface area contributed by atoms with Crippen molar-refractivity contribution in [1.29, 1.82) is 0 Å². The van der Waals surface area contributed by atoms with Crippen LogP contribution >= 0.6 is 0 Å². The van der Waals surface area contributed by atoms with E-state index in [2.05, 4.69) is 10.1 Å². The van der Waals surface area contributed by atoms with Crippen molar-refractivity contribution in [2.45, 2.75) is 27.7 Å². The van der Waals surface area contributed by atoms with Crippen LogP contribution in [0.15, 0.2) is 12.7 Å². The van der Waals surface area contributed by atoms with Crippen LogP contribution in [-0.4, -0.2) is 10.1 Å². The van der Waals surface area contributed by atoms with Crippen LogP contribution in [-0.2, 0) is 7.05 Å². The van der Waals surface area contributed by atoms with Crippen LogP contribution in [0.4, 0.5) is 0 Å². The highest BCUT2D eigenvalue weighted by molar-refractivity contribution is 4.33. The number of aryl methyl sites for hydroxylation is 1. The number of H-pyrrole nitrogens is 1. The second-order valence-electron chi connectivity index (χ2n) is 1.13. The largest absolute Gasteiger partial charge is 0.306 e. The number of nitrogens with zero attached hydrogens (tertiary/aromatic N) is 2. The van der Waals surface area contributed by atoms with E-state index in [4.69, 9.17) is 0 Å². The van der Waals surface area contributed by atoms with Crippen LogP contribution in [0.5, 0.6) is 0 Å². The summed E-state index contributed by atoms with van der Waals surface area (Å²) in [4.78, 5) is 3.73. The zero-order valence-corrected chi connectivity index (χ0v) is 7.55. The molecule has 1 aromatic heterocycles. The minimum absolute atomic E-state index is 1.62. The van der Waals surface area contributed by atoms with Gasteiger partial charge in [-0.15, -0.1) is 0 Å². The normalized spacial score (nSPS) is 6.50. The first kappa shape index (κ1) is 11.9. The van der Waals surface area contributed by atoms with E-state index in [9.17, 15) is 0 Å². The van der Waals surface area contributed by atoms with Crippen molar-refractivity contribution in [3.63, 3.8) is 0 Å². The fourth-order valence-electron chi connectivity index (χ4n) is 0.291. The summed E-state index contributed by atoms with van der Waals surface area (Å²) in [5.41, 5.74) is 0. The number of aromatic nitrogens is 3. The van der Waals surface area contributed by atoms with Gasteiger partial charge in [0.15, 0.2) is 0 Å². The number of hydrogen-bond acceptors (Lipinski definition) is 1. The first-order valence-electron chi connectivity index (χ1n) is 3.73. The van der Waals surface area contributed by atoms with E-state index in [0.29, 0.717) is 0 Å². The molecule has 1 heterocycles. The fraction of sp³-hybridized carbons (Fsp3) is 0.714. The van der Waals surface area contributed by atoms with Crippen LogP contribution in [0.3, 0.4) is 0 Å². The van der Waals surface area contributed by atoms with Gasteiger partial charge in [-0.25, -0.2) is 0 Å².